The lowest BCUT2D eigenvalue weighted by Gasteiger charge is -2.31. The van der Waals surface area contributed by atoms with Crippen molar-refractivity contribution in [2.75, 3.05) is 12.4 Å². The molecule has 0 radical (unpaired) electrons. The largest absolute Gasteiger partial charge is 0.465 e. The molecule has 2 atom stereocenters. The average Bonchev–Trinajstić information content (AvgIpc) is 2.33. The number of thioether (sulfide) groups is 1. The summed E-state index contributed by atoms with van der Waals surface area (Å²) < 4.78 is 5.22. The molecule has 120 valence electrons. The van der Waals surface area contributed by atoms with Crippen LogP contribution in [-0.2, 0) is 9.53 Å². The van der Waals surface area contributed by atoms with Crippen LogP contribution in [0.25, 0.3) is 0 Å². The summed E-state index contributed by atoms with van der Waals surface area (Å²) in [6.07, 6.45) is 1.85. The number of esters is 1. The monoisotopic (exact) mass is 303 g/mol. The summed E-state index contributed by atoms with van der Waals surface area (Å²) in [6.45, 7) is 15.1. The lowest BCUT2D eigenvalue weighted by atomic mass is 9.95. The summed E-state index contributed by atoms with van der Waals surface area (Å²) in [6, 6.07) is 0.270. The molecule has 0 rings (SSSR count). The summed E-state index contributed by atoms with van der Waals surface area (Å²) in [5.41, 5.74) is -0.564. The number of hydrogen-bond acceptors (Lipinski definition) is 4. The van der Waals surface area contributed by atoms with Gasteiger partial charge in [-0.2, -0.15) is 11.8 Å². The first-order valence-electron chi connectivity index (χ1n) is 7.79. The fourth-order valence-corrected chi connectivity index (χ4v) is 3.12. The maximum Gasteiger partial charge on any atom is 0.326 e. The van der Waals surface area contributed by atoms with Crippen LogP contribution in [0.3, 0.4) is 0 Å². The van der Waals surface area contributed by atoms with Gasteiger partial charge in [0.1, 0.15) is 5.54 Å². The Bertz CT molecular complexity index is 282. The topological polar surface area (TPSA) is 38.3 Å². The van der Waals surface area contributed by atoms with Gasteiger partial charge in [0.2, 0.25) is 0 Å². The van der Waals surface area contributed by atoms with Crippen LogP contribution in [0.1, 0.15) is 61.3 Å². The van der Waals surface area contributed by atoms with E-state index in [1.807, 2.05) is 25.6 Å². The summed E-state index contributed by atoms with van der Waals surface area (Å²) in [5.74, 6) is 1.66. The SMILES string of the molecule is CCOC(=O)C(C)(CCCSC(C)C(C)C)NC(C)C. The first-order chi connectivity index (χ1) is 9.23. The van der Waals surface area contributed by atoms with Crippen LogP contribution in [0.2, 0.25) is 0 Å². The minimum absolute atomic E-state index is 0.129. The maximum atomic E-state index is 12.1. The van der Waals surface area contributed by atoms with Gasteiger partial charge in [-0.05, 0) is 52.2 Å². The molecule has 20 heavy (non-hydrogen) atoms. The summed E-state index contributed by atoms with van der Waals surface area (Å²) in [7, 11) is 0. The van der Waals surface area contributed by atoms with Crippen LogP contribution in [0.4, 0.5) is 0 Å². The molecule has 0 saturated heterocycles. The molecule has 0 saturated carbocycles. The predicted octanol–water partition coefficient (Wildman–Crippen LogP) is 3.86. The molecule has 2 unspecified atom stereocenters. The van der Waals surface area contributed by atoms with E-state index < -0.39 is 5.54 Å². The van der Waals surface area contributed by atoms with E-state index in [9.17, 15) is 4.79 Å². The van der Waals surface area contributed by atoms with Crippen molar-refractivity contribution >= 4 is 17.7 Å². The minimum atomic E-state index is -0.564. The molecular formula is C16H33NO2S. The number of nitrogens with one attached hydrogen (secondary N) is 1. The highest BCUT2D eigenvalue weighted by Crippen LogP contribution is 2.23. The fraction of sp³-hybridized carbons (Fsp3) is 0.938. The third kappa shape index (κ3) is 7.53. The van der Waals surface area contributed by atoms with Gasteiger partial charge in [-0.3, -0.25) is 10.1 Å². The standard InChI is InChI=1S/C16H33NO2S/c1-8-19-15(18)16(7,17-13(4)5)10-9-11-20-14(6)12(2)3/h12-14,17H,8-11H2,1-7H3. The Kier molecular flexibility index (Phi) is 9.56. The van der Waals surface area contributed by atoms with Gasteiger partial charge in [-0.25, -0.2) is 0 Å². The zero-order valence-electron chi connectivity index (χ0n) is 14.3. The van der Waals surface area contributed by atoms with E-state index >= 15 is 0 Å². The number of rotatable bonds is 10. The van der Waals surface area contributed by atoms with Gasteiger partial charge in [-0.1, -0.05) is 20.8 Å². The molecule has 1 N–H and O–H groups in total. The van der Waals surface area contributed by atoms with Crippen molar-refractivity contribution in [2.24, 2.45) is 5.92 Å². The molecule has 3 nitrogen and oxygen atoms in total. The van der Waals surface area contributed by atoms with Gasteiger partial charge in [0.15, 0.2) is 0 Å². The van der Waals surface area contributed by atoms with Crippen molar-refractivity contribution in [3.05, 3.63) is 0 Å². The molecule has 0 aliphatic rings. The Morgan fingerprint density at radius 1 is 1.25 bits per heavy atom. The first kappa shape index (κ1) is 19.8. The second-order valence-corrected chi connectivity index (χ2v) is 7.76. The van der Waals surface area contributed by atoms with Crippen molar-refractivity contribution in [3.63, 3.8) is 0 Å². The Morgan fingerprint density at radius 3 is 2.30 bits per heavy atom. The lowest BCUT2D eigenvalue weighted by Crippen LogP contribution is -2.53. The smallest absolute Gasteiger partial charge is 0.326 e. The highest BCUT2D eigenvalue weighted by atomic mass is 32.2. The van der Waals surface area contributed by atoms with Gasteiger partial charge in [0, 0.05) is 11.3 Å². The number of hydrogen-bond donors (Lipinski definition) is 1. The normalized spacial score (nSPS) is 16.2. The van der Waals surface area contributed by atoms with Crippen LogP contribution in [0.5, 0.6) is 0 Å². The van der Waals surface area contributed by atoms with Gasteiger partial charge >= 0.3 is 5.97 Å². The fourth-order valence-electron chi connectivity index (χ4n) is 2.05. The molecule has 0 aliphatic heterocycles. The zero-order chi connectivity index (χ0) is 15.8. The quantitative estimate of drug-likeness (QED) is 0.491. The second-order valence-electron chi connectivity index (χ2n) is 6.28. The highest BCUT2D eigenvalue weighted by Gasteiger charge is 2.34. The van der Waals surface area contributed by atoms with E-state index in [1.54, 1.807) is 0 Å². The van der Waals surface area contributed by atoms with Gasteiger partial charge in [-0.15, -0.1) is 0 Å². The summed E-state index contributed by atoms with van der Waals surface area (Å²) in [5, 5.41) is 4.04. The first-order valence-corrected chi connectivity index (χ1v) is 8.84. The predicted molar refractivity (Wildman–Crippen MR) is 89.3 cm³/mol. The van der Waals surface area contributed by atoms with Crippen molar-refractivity contribution in [2.45, 2.75) is 78.1 Å². The maximum absolute atomic E-state index is 12.1. The molecule has 0 spiro atoms. The van der Waals surface area contributed by atoms with E-state index in [0.717, 1.165) is 18.6 Å². The molecule has 0 heterocycles. The lowest BCUT2D eigenvalue weighted by molar-refractivity contribution is -0.151. The van der Waals surface area contributed by atoms with E-state index in [-0.39, 0.29) is 12.0 Å². The second kappa shape index (κ2) is 9.67. The molecule has 0 fully saturated rings. The third-order valence-electron chi connectivity index (χ3n) is 3.47. The summed E-state index contributed by atoms with van der Waals surface area (Å²) >= 11 is 1.99. The summed E-state index contributed by atoms with van der Waals surface area (Å²) in [4.78, 5) is 12.1. The third-order valence-corrected chi connectivity index (χ3v) is 5.07. The molecule has 0 amide bonds. The highest BCUT2D eigenvalue weighted by molar-refractivity contribution is 7.99. The van der Waals surface area contributed by atoms with Gasteiger partial charge in [0.25, 0.3) is 0 Å². The van der Waals surface area contributed by atoms with Crippen LogP contribution in [-0.4, -0.2) is 35.2 Å². The van der Waals surface area contributed by atoms with Gasteiger partial charge in [0.05, 0.1) is 6.61 Å². The van der Waals surface area contributed by atoms with Crippen LogP contribution in [0, 0.1) is 5.92 Å². The average molecular weight is 304 g/mol. The Balaban J connectivity index is 4.33. The molecule has 0 aliphatic carbocycles. The van der Waals surface area contributed by atoms with Crippen molar-refractivity contribution < 1.29 is 9.53 Å². The van der Waals surface area contributed by atoms with Crippen LogP contribution in [0.15, 0.2) is 0 Å². The molecule has 0 aromatic carbocycles. The van der Waals surface area contributed by atoms with Crippen molar-refractivity contribution in [1.29, 1.82) is 0 Å². The number of ether oxygens (including phenoxy) is 1. The van der Waals surface area contributed by atoms with Crippen LogP contribution < -0.4 is 5.32 Å². The van der Waals surface area contributed by atoms with Crippen molar-refractivity contribution in [3.8, 4) is 0 Å². The Morgan fingerprint density at radius 2 is 1.85 bits per heavy atom. The molecule has 0 aromatic heterocycles. The minimum Gasteiger partial charge on any atom is -0.465 e. The molecule has 4 heteroatoms. The van der Waals surface area contributed by atoms with Gasteiger partial charge < -0.3 is 4.74 Å². The van der Waals surface area contributed by atoms with Crippen molar-refractivity contribution in [1.82, 2.24) is 5.32 Å². The molecule has 0 aromatic rings. The van der Waals surface area contributed by atoms with E-state index in [1.165, 1.54) is 0 Å². The number of carbonyl (C=O) groups is 1. The van der Waals surface area contributed by atoms with E-state index in [0.29, 0.717) is 17.8 Å². The van der Waals surface area contributed by atoms with E-state index in [4.69, 9.17) is 4.74 Å². The molecule has 0 bridgehead atoms. The number of carbonyl (C=O) groups excluding carboxylic acids is 1. The zero-order valence-corrected chi connectivity index (χ0v) is 15.1. The van der Waals surface area contributed by atoms with E-state index in [2.05, 4.69) is 39.9 Å². The Labute approximate surface area is 129 Å². The Hall–Kier alpha value is -0.220. The van der Waals surface area contributed by atoms with Crippen LogP contribution >= 0.6 is 11.8 Å². The molecular weight excluding hydrogens is 270 g/mol.